The number of fused-ring (bicyclic) bond motifs is 1. The van der Waals surface area contributed by atoms with Crippen molar-refractivity contribution in [2.75, 3.05) is 6.61 Å². The molecule has 0 unspecified atom stereocenters. The highest BCUT2D eigenvalue weighted by Gasteiger charge is 2.16. The van der Waals surface area contributed by atoms with Crippen LogP contribution in [0.2, 0.25) is 25.7 Å². The zero-order valence-electron chi connectivity index (χ0n) is 17.2. The van der Waals surface area contributed by atoms with Crippen LogP contribution in [-0.2, 0) is 18.5 Å². The fourth-order valence-corrected chi connectivity index (χ4v) is 3.82. The molecule has 0 saturated heterocycles. The summed E-state index contributed by atoms with van der Waals surface area (Å²) in [6, 6.07) is 7.48. The Morgan fingerprint density at radius 1 is 1.15 bits per heavy atom. The van der Waals surface area contributed by atoms with E-state index in [9.17, 15) is 4.79 Å². The van der Waals surface area contributed by atoms with Gasteiger partial charge in [-0.2, -0.15) is 5.10 Å². The summed E-state index contributed by atoms with van der Waals surface area (Å²) >= 11 is 0. The molecular weight excluding hydrogens is 354 g/mol. The van der Waals surface area contributed by atoms with Gasteiger partial charge < -0.3 is 9.30 Å². The summed E-state index contributed by atoms with van der Waals surface area (Å²) in [7, 11) is 0.651. The van der Waals surface area contributed by atoms with Gasteiger partial charge in [0.1, 0.15) is 12.2 Å². The number of hydrogen-bond acceptors (Lipinski definition) is 3. The normalized spacial score (nSPS) is 12.1. The maximum Gasteiger partial charge on any atom is 0.276 e. The fourth-order valence-electron chi connectivity index (χ4n) is 3.06. The molecule has 3 aromatic rings. The number of aryl methyl sites for hydroxylation is 3. The summed E-state index contributed by atoms with van der Waals surface area (Å²) < 4.78 is 9.14. The predicted octanol–water partition coefficient (Wildman–Crippen LogP) is 4.33. The van der Waals surface area contributed by atoms with Gasteiger partial charge in [-0.3, -0.25) is 4.79 Å². The lowest BCUT2D eigenvalue weighted by atomic mass is 9.99. The lowest BCUT2D eigenvalue weighted by Crippen LogP contribution is -2.23. The topological polar surface area (TPSA) is 49.0 Å². The molecule has 0 amide bonds. The molecule has 0 saturated carbocycles. The summed E-state index contributed by atoms with van der Waals surface area (Å²) in [6.45, 7) is 12.2. The maximum absolute atomic E-state index is 12.8. The summed E-state index contributed by atoms with van der Waals surface area (Å²) in [5, 5.41) is 5.32. The highest BCUT2D eigenvalue weighted by atomic mass is 28.3. The standard InChI is InChI=1S/C21H29N3O2Si/c1-15-7-8-17(11-16(15)2)19-13-23(3)21(25)20-18(19)12-22-24(20)14-26-9-10-27(4,5)6/h7-8,11-13H,9-10,14H2,1-6H3. The van der Waals surface area contributed by atoms with E-state index in [0.29, 0.717) is 18.9 Å². The van der Waals surface area contributed by atoms with Crippen molar-refractivity contribution < 1.29 is 4.74 Å². The van der Waals surface area contributed by atoms with E-state index in [1.807, 2.05) is 6.20 Å². The molecule has 2 aromatic heterocycles. The van der Waals surface area contributed by atoms with E-state index in [-0.39, 0.29) is 5.56 Å². The van der Waals surface area contributed by atoms with Gasteiger partial charge in [-0.05, 0) is 36.6 Å². The zero-order chi connectivity index (χ0) is 19.8. The molecule has 0 aliphatic heterocycles. The summed E-state index contributed by atoms with van der Waals surface area (Å²) in [4.78, 5) is 12.8. The van der Waals surface area contributed by atoms with Crippen LogP contribution in [0.3, 0.4) is 0 Å². The first kappa shape index (κ1) is 19.6. The summed E-state index contributed by atoms with van der Waals surface area (Å²) in [6.07, 6.45) is 3.68. The van der Waals surface area contributed by atoms with Crippen LogP contribution < -0.4 is 5.56 Å². The van der Waals surface area contributed by atoms with Crippen LogP contribution in [0.4, 0.5) is 0 Å². The molecule has 0 spiro atoms. The Balaban J connectivity index is 1.98. The molecule has 27 heavy (non-hydrogen) atoms. The number of pyridine rings is 1. The van der Waals surface area contributed by atoms with Crippen LogP contribution in [0.1, 0.15) is 11.1 Å². The average molecular weight is 384 g/mol. The van der Waals surface area contributed by atoms with Gasteiger partial charge in [0.2, 0.25) is 0 Å². The first-order valence-corrected chi connectivity index (χ1v) is 13.1. The smallest absolute Gasteiger partial charge is 0.276 e. The summed E-state index contributed by atoms with van der Waals surface area (Å²) in [5.74, 6) is 0. The van der Waals surface area contributed by atoms with Crippen LogP contribution in [0.25, 0.3) is 22.0 Å². The third-order valence-electron chi connectivity index (χ3n) is 5.00. The Kier molecular flexibility index (Phi) is 5.40. The van der Waals surface area contributed by atoms with Crippen LogP contribution in [0.15, 0.2) is 35.4 Å². The van der Waals surface area contributed by atoms with Crippen molar-refractivity contribution in [1.82, 2.24) is 14.3 Å². The zero-order valence-corrected chi connectivity index (χ0v) is 18.2. The van der Waals surface area contributed by atoms with Crippen molar-refractivity contribution in [2.24, 2.45) is 7.05 Å². The molecule has 1 aromatic carbocycles. The Labute approximate surface area is 161 Å². The van der Waals surface area contributed by atoms with Crippen molar-refractivity contribution in [3.63, 3.8) is 0 Å². The third kappa shape index (κ3) is 4.22. The first-order valence-electron chi connectivity index (χ1n) is 9.38. The highest BCUT2D eigenvalue weighted by molar-refractivity contribution is 6.76. The number of benzene rings is 1. The van der Waals surface area contributed by atoms with Crippen molar-refractivity contribution in [3.05, 3.63) is 52.1 Å². The molecule has 3 rings (SSSR count). The van der Waals surface area contributed by atoms with Crippen LogP contribution in [0.5, 0.6) is 0 Å². The number of ether oxygens (including phenoxy) is 1. The molecule has 0 bridgehead atoms. The minimum absolute atomic E-state index is 0.0520. The van der Waals surface area contributed by atoms with E-state index in [1.165, 1.54) is 11.1 Å². The van der Waals surface area contributed by atoms with Crippen LogP contribution in [0, 0.1) is 13.8 Å². The molecule has 144 valence electrons. The Bertz CT molecular complexity index is 1030. The lowest BCUT2D eigenvalue weighted by Gasteiger charge is -2.15. The van der Waals surface area contributed by atoms with Crippen molar-refractivity contribution >= 4 is 19.0 Å². The summed E-state index contributed by atoms with van der Waals surface area (Å²) in [5.41, 5.74) is 5.15. The van der Waals surface area contributed by atoms with Crippen molar-refractivity contribution in [3.8, 4) is 11.1 Å². The first-order chi connectivity index (χ1) is 12.7. The molecule has 0 fully saturated rings. The van der Waals surface area contributed by atoms with Gasteiger partial charge in [-0.25, -0.2) is 4.68 Å². The van der Waals surface area contributed by atoms with Gasteiger partial charge in [-0.15, -0.1) is 0 Å². The van der Waals surface area contributed by atoms with Gasteiger partial charge in [0.15, 0.2) is 0 Å². The van der Waals surface area contributed by atoms with Crippen LogP contribution in [-0.4, -0.2) is 29.0 Å². The molecule has 2 heterocycles. The predicted molar refractivity (Wildman–Crippen MR) is 114 cm³/mol. The van der Waals surface area contributed by atoms with E-state index >= 15 is 0 Å². The van der Waals surface area contributed by atoms with E-state index in [0.717, 1.165) is 22.6 Å². The Hall–Kier alpha value is -2.18. The van der Waals surface area contributed by atoms with Gasteiger partial charge in [0, 0.05) is 38.9 Å². The molecule has 0 atom stereocenters. The van der Waals surface area contributed by atoms with Gasteiger partial charge in [0.05, 0.1) is 6.20 Å². The second-order valence-corrected chi connectivity index (χ2v) is 14.1. The molecular formula is C21H29N3O2Si. The number of nitrogens with zero attached hydrogens (tertiary/aromatic N) is 3. The largest absolute Gasteiger partial charge is 0.360 e. The second-order valence-electron chi connectivity index (χ2n) is 8.51. The van der Waals surface area contributed by atoms with Crippen molar-refractivity contribution in [1.29, 1.82) is 0 Å². The van der Waals surface area contributed by atoms with Gasteiger partial charge in [-0.1, -0.05) is 37.8 Å². The third-order valence-corrected chi connectivity index (χ3v) is 6.71. The molecule has 6 heteroatoms. The van der Waals surface area contributed by atoms with E-state index in [4.69, 9.17) is 4.74 Å². The highest BCUT2D eigenvalue weighted by Crippen LogP contribution is 2.28. The minimum atomic E-state index is -1.14. The number of aromatic nitrogens is 3. The van der Waals surface area contributed by atoms with Gasteiger partial charge >= 0.3 is 0 Å². The quantitative estimate of drug-likeness (QED) is 0.470. The molecule has 0 N–H and O–H groups in total. The van der Waals surface area contributed by atoms with Crippen molar-refractivity contribution in [2.45, 2.75) is 46.3 Å². The van der Waals surface area contributed by atoms with Crippen LogP contribution >= 0.6 is 0 Å². The Morgan fingerprint density at radius 2 is 1.89 bits per heavy atom. The molecule has 0 aliphatic rings. The minimum Gasteiger partial charge on any atom is -0.360 e. The van der Waals surface area contributed by atoms with Gasteiger partial charge in [0.25, 0.3) is 5.56 Å². The Morgan fingerprint density at radius 3 is 2.56 bits per heavy atom. The van der Waals surface area contributed by atoms with E-state index in [2.05, 4.69) is 56.8 Å². The lowest BCUT2D eigenvalue weighted by molar-refractivity contribution is 0.0815. The second kappa shape index (κ2) is 7.44. The SMILES string of the molecule is Cc1ccc(-c2cn(C)c(=O)c3c2cnn3COCC[Si](C)(C)C)cc1C. The molecule has 0 aliphatic carbocycles. The number of hydrogen-bond donors (Lipinski definition) is 0. The fraction of sp³-hybridized carbons (Fsp3) is 0.429. The maximum atomic E-state index is 12.8. The average Bonchev–Trinajstić information content (AvgIpc) is 3.01. The molecule has 5 nitrogen and oxygen atoms in total. The molecule has 0 radical (unpaired) electrons. The van der Waals surface area contributed by atoms with E-state index in [1.54, 1.807) is 22.5 Å². The number of rotatable bonds is 6. The monoisotopic (exact) mass is 383 g/mol. The van der Waals surface area contributed by atoms with E-state index < -0.39 is 8.07 Å².